The number of aromatic nitrogens is 2. The Morgan fingerprint density at radius 3 is 2.45 bits per heavy atom. The second kappa shape index (κ2) is 8.08. The molecular formula is C16H27N5O. The van der Waals surface area contributed by atoms with Crippen LogP contribution < -0.4 is 4.90 Å². The van der Waals surface area contributed by atoms with Crippen molar-refractivity contribution in [2.45, 2.75) is 26.7 Å². The molecule has 1 aromatic heterocycles. The maximum Gasteiger partial charge on any atom is 0.274 e. The molecule has 122 valence electrons. The standard InChI is InChI=1S/C16H27N5O/c1-4-6-7-19(3)15-13-17-14(12-18-15)16(22)21-10-8-20(5-2)9-11-21/h12-13H,4-11H2,1-3H3. The quantitative estimate of drug-likeness (QED) is 0.797. The van der Waals surface area contributed by atoms with E-state index in [4.69, 9.17) is 0 Å². The average molecular weight is 305 g/mol. The number of rotatable bonds is 6. The first-order valence-corrected chi connectivity index (χ1v) is 8.20. The van der Waals surface area contributed by atoms with Gasteiger partial charge in [-0.2, -0.15) is 0 Å². The lowest BCUT2D eigenvalue weighted by Gasteiger charge is -2.33. The van der Waals surface area contributed by atoms with E-state index in [0.29, 0.717) is 5.69 Å². The van der Waals surface area contributed by atoms with E-state index in [1.54, 1.807) is 12.4 Å². The Kier molecular flexibility index (Phi) is 6.12. The largest absolute Gasteiger partial charge is 0.358 e. The number of hydrogen-bond donors (Lipinski definition) is 0. The van der Waals surface area contributed by atoms with Gasteiger partial charge in [0.15, 0.2) is 0 Å². The maximum atomic E-state index is 12.4. The summed E-state index contributed by atoms with van der Waals surface area (Å²) in [4.78, 5) is 27.4. The molecule has 1 saturated heterocycles. The molecule has 0 unspecified atom stereocenters. The Balaban J connectivity index is 1.94. The minimum absolute atomic E-state index is 0.00832. The summed E-state index contributed by atoms with van der Waals surface area (Å²) in [7, 11) is 2.01. The summed E-state index contributed by atoms with van der Waals surface area (Å²) in [6.45, 7) is 9.73. The predicted octanol–water partition coefficient (Wildman–Crippen LogP) is 1.49. The van der Waals surface area contributed by atoms with Crippen LogP contribution in [0.1, 0.15) is 37.2 Å². The Morgan fingerprint density at radius 2 is 1.91 bits per heavy atom. The SMILES string of the molecule is CCCCN(C)c1cnc(C(=O)N2CCN(CC)CC2)cn1. The zero-order valence-electron chi connectivity index (χ0n) is 14.0. The molecule has 1 aliphatic heterocycles. The molecule has 0 N–H and O–H groups in total. The van der Waals surface area contributed by atoms with E-state index in [0.717, 1.165) is 57.9 Å². The average Bonchev–Trinajstić information content (AvgIpc) is 2.59. The number of likely N-dealkylation sites (N-methyl/N-ethyl adjacent to an activating group) is 1. The Bertz CT molecular complexity index is 468. The molecule has 2 heterocycles. The molecule has 0 bridgehead atoms. The highest BCUT2D eigenvalue weighted by molar-refractivity contribution is 5.92. The van der Waals surface area contributed by atoms with Gasteiger partial charge in [-0.25, -0.2) is 9.97 Å². The minimum atomic E-state index is -0.00832. The number of nitrogens with zero attached hydrogens (tertiary/aromatic N) is 5. The zero-order chi connectivity index (χ0) is 15.9. The van der Waals surface area contributed by atoms with Gasteiger partial charge < -0.3 is 14.7 Å². The molecule has 6 heteroatoms. The van der Waals surface area contributed by atoms with Gasteiger partial charge in [0, 0.05) is 39.8 Å². The molecule has 22 heavy (non-hydrogen) atoms. The van der Waals surface area contributed by atoms with E-state index >= 15 is 0 Å². The molecule has 0 saturated carbocycles. The third kappa shape index (κ3) is 4.16. The van der Waals surface area contributed by atoms with Gasteiger partial charge >= 0.3 is 0 Å². The molecule has 0 aliphatic carbocycles. The number of hydrogen-bond acceptors (Lipinski definition) is 5. The van der Waals surface area contributed by atoms with Gasteiger partial charge in [0.1, 0.15) is 11.5 Å². The number of amides is 1. The van der Waals surface area contributed by atoms with Crippen molar-refractivity contribution < 1.29 is 4.79 Å². The van der Waals surface area contributed by atoms with Crippen molar-refractivity contribution >= 4 is 11.7 Å². The summed E-state index contributed by atoms with van der Waals surface area (Å²) in [6.07, 6.45) is 5.58. The molecule has 1 aliphatic rings. The van der Waals surface area contributed by atoms with Gasteiger partial charge in [-0.15, -0.1) is 0 Å². The van der Waals surface area contributed by atoms with Crippen molar-refractivity contribution in [1.29, 1.82) is 0 Å². The second-order valence-electron chi connectivity index (χ2n) is 5.76. The van der Waals surface area contributed by atoms with Gasteiger partial charge in [-0.05, 0) is 13.0 Å². The van der Waals surface area contributed by atoms with E-state index in [2.05, 4.69) is 33.6 Å². The predicted molar refractivity (Wildman–Crippen MR) is 88.2 cm³/mol. The van der Waals surface area contributed by atoms with Crippen molar-refractivity contribution in [2.24, 2.45) is 0 Å². The molecule has 0 atom stereocenters. The van der Waals surface area contributed by atoms with Crippen LogP contribution in [-0.2, 0) is 0 Å². The smallest absolute Gasteiger partial charge is 0.274 e. The molecule has 1 aromatic rings. The summed E-state index contributed by atoms with van der Waals surface area (Å²) in [5.74, 6) is 0.812. The van der Waals surface area contributed by atoms with Gasteiger partial charge in [0.25, 0.3) is 5.91 Å². The van der Waals surface area contributed by atoms with E-state index in [-0.39, 0.29) is 5.91 Å². The number of carbonyl (C=O) groups is 1. The highest BCUT2D eigenvalue weighted by Crippen LogP contribution is 2.10. The van der Waals surface area contributed by atoms with Crippen LogP contribution in [0.2, 0.25) is 0 Å². The first-order chi connectivity index (χ1) is 10.7. The topological polar surface area (TPSA) is 52.6 Å². The summed E-state index contributed by atoms with van der Waals surface area (Å²) < 4.78 is 0. The van der Waals surface area contributed by atoms with Crippen molar-refractivity contribution in [1.82, 2.24) is 19.8 Å². The monoisotopic (exact) mass is 305 g/mol. The van der Waals surface area contributed by atoms with Crippen LogP contribution in [-0.4, -0.2) is 72.0 Å². The van der Waals surface area contributed by atoms with Crippen LogP contribution in [0.3, 0.4) is 0 Å². The van der Waals surface area contributed by atoms with Crippen molar-refractivity contribution in [3.63, 3.8) is 0 Å². The Hall–Kier alpha value is -1.69. The summed E-state index contributed by atoms with van der Waals surface area (Å²) in [5, 5.41) is 0. The van der Waals surface area contributed by atoms with E-state index < -0.39 is 0 Å². The fourth-order valence-corrected chi connectivity index (χ4v) is 2.57. The summed E-state index contributed by atoms with van der Waals surface area (Å²) in [6, 6.07) is 0. The summed E-state index contributed by atoms with van der Waals surface area (Å²) >= 11 is 0. The third-order valence-corrected chi connectivity index (χ3v) is 4.20. The van der Waals surface area contributed by atoms with Crippen LogP contribution in [0.15, 0.2) is 12.4 Å². The third-order valence-electron chi connectivity index (χ3n) is 4.20. The van der Waals surface area contributed by atoms with Gasteiger partial charge in [0.2, 0.25) is 0 Å². The Labute approximate surface area is 133 Å². The van der Waals surface area contributed by atoms with Crippen LogP contribution in [0.25, 0.3) is 0 Å². The molecule has 0 radical (unpaired) electrons. The van der Waals surface area contributed by atoms with E-state index in [9.17, 15) is 4.79 Å². The zero-order valence-corrected chi connectivity index (χ0v) is 14.0. The fraction of sp³-hybridized carbons (Fsp3) is 0.688. The van der Waals surface area contributed by atoms with Crippen LogP contribution >= 0.6 is 0 Å². The van der Waals surface area contributed by atoms with Gasteiger partial charge in [-0.1, -0.05) is 20.3 Å². The molecule has 1 fully saturated rings. The number of unbranched alkanes of at least 4 members (excludes halogenated alkanes) is 1. The first-order valence-electron chi connectivity index (χ1n) is 8.20. The lowest BCUT2D eigenvalue weighted by Crippen LogP contribution is -2.48. The fourth-order valence-electron chi connectivity index (χ4n) is 2.57. The molecule has 0 aromatic carbocycles. The maximum absolute atomic E-state index is 12.4. The summed E-state index contributed by atoms with van der Waals surface area (Å²) in [5.41, 5.74) is 0.442. The van der Waals surface area contributed by atoms with Crippen molar-refractivity contribution in [3.05, 3.63) is 18.1 Å². The van der Waals surface area contributed by atoms with Gasteiger partial charge in [-0.3, -0.25) is 4.79 Å². The molecule has 2 rings (SSSR count). The number of carbonyl (C=O) groups excluding carboxylic acids is 1. The lowest BCUT2D eigenvalue weighted by atomic mass is 10.3. The highest BCUT2D eigenvalue weighted by Gasteiger charge is 2.22. The van der Waals surface area contributed by atoms with Crippen LogP contribution in [0.4, 0.5) is 5.82 Å². The van der Waals surface area contributed by atoms with E-state index in [1.807, 2.05) is 11.9 Å². The molecule has 0 spiro atoms. The second-order valence-corrected chi connectivity index (χ2v) is 5.76. The molecular weight excluding hydrogens is 278 g/mol. The van der Waals surface area contributed by atoms with Gasteiger partial charge in [0.05, 0.1) is 12.4 Å². The van der Waals surface area contributed by atoms with Crippen molar-refractivity contribution in [3.8, 4) is 0 Å². The molecule has 6 nitrogen and oxygen atoms in total. The van der Waals surface area contributed by atoms with Crippen LogP contribution in [0.5, 0.6) is 0 Å². The first kappa shape index (κ1) is 16.7. The minimum Gasteiger partial charge on any atom is -0.358 e. The number of anilines is 1. The lowest BCUT2D eigenvalue weighted by molar-refractivity contribution is 0.0637. The van der Waals surface area contributed by atoms with E-state index in [1.165, 1.54) is 0 Å². The molecule has 1 amide bonds. The van der Waals surface area contributed by atoms with Crippen molar-refractivity contribution in [2.75, 3.05) is 51.2 Å². The van der Waals surface area contributed by atoms with Crippen LogP contribution in [0, 0.1) is 0 Å². The Morgan fingerprint density at radius 1 is 1.18 bits per heavy atom. The highest BCUT2D eigenvalue weighted by atomic mass is 16.2. The number of piperazine rings is 1. The normalized spacial score (nSPS) is 15.9.